The van der Waals surface area contributed by atoms with Crippen molar-refractivity contribution in [3.63, 3.8) is 0 Å². The van der Waals surface area contributed by atoms with Gasteiger partial charge in [-0.05, 0) is 40.5 Å². The Morgan fingerprint density at radius 3 is 2.67 bits per heavy atom. The van der Waals surface area contributed by atoms with Gasteiger partial charge in [0.1, 0.15) is 5.82 Å². The van der Waals surface area contributed by atoms with E-state index < -0.39 is 0 Å². The first-order valence-corrected chi connectivity index (χ1v) is 5.99. The lowest BCUT2D eigenvalue weighted by molar-refractivity contribution is 0.618. The van der Waals surface area contributed by atoms with Crippen molar-refractivity contribution in [3.8, 4) is 0 Å². The average Bonchev–Trinajstić information content (AvgIpc) is 2.70. The molecule has 15 heavy (non-hydrogen) atoms. The third-order valence-corrected chi connectivity index (χ3v) is 3.76. The van der Waals surface area contributed by atoms with Gasteiger partial charge in [-0.2, -0.15) is 0 Å². The molecule has 2 rings (SSSR count). The number of hydrogen-bond donors (Lipinski definition) is 2. The summed E-state index contributed by atoms with van der Waals surface area (Å²) in [6.07, 6.45) is 1.11. The molecule has 1 saturated carbocycles. The number of rotatable bonds is 2. The van der Waals surface area contributed by atoms with Crippen LogP contribution in [0.15, 0.2) is 12.1 Å². The maximum Gasteiger partial charge on any atom is 0.138 e. The van der Waals surface area contributed by atoms with Crippen LogP contribution in [0.1, 0.15) is 20.3 Å². The molecule has 0 saturated heterocycles. The highest BCUT2D eigenvalue weighted by Gasteiger charge is 2.45. The number of hydrogen-bond acceptors (Lipinski definition) is 2. The Morgan fingerprint density at radius 1 is 1.53 bits per heavy atom. The van der Waals surface area contributed by atoms with Gasteiger partial charge in [0.15, 0.2) is 0 Å². The number of nitrogens with two attached hydrogens (primary N) is 1. The van der Waals surface area contributed by atoms with Crippen molar-refractivity contribution >= 4 is 34.0 Å². The predicted octanol–water partition coefficient (Wildman–Crippen LogP) is 3.22. The molecule has 0 aliphatic heterocycles. The molecule has 0 spiro atoms. The molecule has 0 amide bonds. The molecule has 1 unspecified atom stereocenters. The lowest BCUT2D eigenvalue weighted by Crippen LogP contribution is -2.10. The highest BCUT2D eigenvalue weighted by atomic mass is 127. The van der Waals surface area contributed by atoms with Gasteiger partial charge in [0.05, 0.1) is 14.9 Å². The zero-order valence-corrected chi connectivity index (χ0v) is 10.9. The number of nitrogens with one attached hydrogen (secondary N) is 1. The minimum Gasteiger partial charge on any atom is -0.397 e. The third-order valence-electron chi connectivity index (χ3n) is 2.94. The minimum atomic E-state index is -0.217. The fourth-order valence-corrected chi connectivity index (χ4v) is 2.08. The summed E-state index contributed by atoms with van der Waals surface area (Å²) in [5, 5.41) is 3.27. The Morgan fingerprint density at radius 2 is 2.13 bits per heavy atom. The second-order valence-electron chi connectivity index (χ2n) is 4.74. The van der Waals surface area contributed by atoms with E-state index >= 15 is 0 Å². The first-order chi connectivity index (χ1) is 6.90. The van der Waals surface area contributed by atoms with Crippen LogP contribution in [-0.2, 0) is 0 Å². The van der Waals surface area contributed by atoms with Crippen molar-refractivity contribution in [1.82, 2.24) is 0 Å². The smallest absolute Gasteiger partial charge is 0.138 e. The lowest BCUT2D eigenvalue weighted by atomic mass is 10.2. The fraction of sp³-hybridized carbons (Fsp3) is 0.455. The summed E-state index contributed by atoms with van der Waals surface area (Å²) < 4.78 is 13.9. The van der Waals surface area contributed by atoms with Crippen LogP contribution in [0.2, 0.25) is 0 Å². The Labute approximate surface area is 103 Å². The molecule has 82 valence electrons. The molecule has 4 heteroatoms. The van der Waals surface area contributed by atoms with Gasteiger partial charge >= 0.3 is 0 Å². The number of nitrogen functional groups attached to an aromatic ring is 1. The van der Waals surface area contributed by atoms with Crippen LogP contribution in [0.25, 0.3) is 0 Å². The largest absolute Gasteiger partial charge is 0.397 e. The number of benzene rings is 1. The van der Waals surface area contributed by atoms with E-state index in [9.17, 15) is 4.39 Å². The quantitative estimate of drug-likeness (QED) is 0.649. The van der Waals surface area contributed by atoms with Crippen LogP contribution in [-0.4, -0.2) is 6.04 Å². The molecule has 1 aliphatic rings. The molecule has 1 aromatic carbocycles. The van der Waals surface area contributed by atoms with Gasteiger partial charge in [-0.15, -0.1) is 0 Å². The maximum absolute atomic E-state index is 13.3. The summed E-state index contributed by atoms with van der Waals surface area (Å²) in [6, 6.07) is 3.55. The van der Waals surface area contributed by atoms with Gasteiger partial charge < -0.3 is 11.1 Å². The van der Waals surface area contributed by atoms with Crippen LogP contribution in [0.4, 0.5) is 15.8 Å². The normalized spacial score (nSPS) is 22.5. The van der Waals surface area contributed by atoms with Gasteiger partial charge in [-0.3, -0.25) is 0 Å². The van der Waals surface area contributed by atoms with E-state index in [2.05, 4.69) is 19.2 Å². The van der Waals surface area contributed by atoms with Crippen molar-refractivity contribution in [1.29, 1.82) is 0 Å². The molecular weight excluding hydrogens is 306 g/mol. The lowest BCUT2D eigenvalue weighted by Gasteiger charge is -2.11. The molecule has 0 heterocycles. The first-order valence-electron chi connectivity index (χ1n) is 4.91. The Bertz CT molecular complexity index is 404. The van der Waals surface area contributed by atoms with Crippen molar-refractivity contribution in [2.24, 2.45) is 5.41 Å². The zero-order chi connectivity index (χ0) is 11.2. The molecule has 0 bridgehead atoms. The average molecular weight is 320 g/mol. The molecule has 2 nitrogen and oxygen atoms in total. The van der Waals surface area contributed by atoms with Crippen LogP contribution in [0.5, 0.6) is 0 Å². The highest BCUT2D eigenvalue weighted by Crippen LogP contribution is 2.47. The standard InChI is InChI=1S/C11H14FIN2/c1-11(2)5-10(11)15-9-3-6(12)7(13)4-8(9)14/h3-4,10,15H,5,14H2,1-2H3. The molecule has 1 aliphatic carbocycles. The van der Waals surface area contributed by atoms with Crippen molar-refractivity contribution in [2.45, 2.75) is 26.3 Å². The van der Waals surface area contributed by atoms with E-state index in [1.807, 2.05) is 22.6 Å². The molecule has 3 N–H and O–H groups in total. The van der Waals surface area contributed by atoms with Gasteiger partial charge in [-0.25, -0.2) is 4.39 Å². The SMILES string of the molecule is CC1(C)CC1Nc1cc(F)c(I)cc1N. The summed E-state index contributed by atoms with van der Waals surface area (Å²) in [6.45, 7) is 4.37. The molecule has 1 fully saturated rings. The predicted molar refractivity (Wildman–Crippen MR) is 69.3 cm³/mol. The van der Waals surface area contributed by atoms with Crippen LogP contribution in [0.3, 0.4) is 0 Å². The van der Waals surface area contributed by atoms with Crippen molar-refractivity contribution in [3.05, 3.63) is 21.5 Å². The van der Waals surface area contributed by atoms with E-state index in [1.54, 1.807) is 6.07 Å². The molecule has 1 atom stereocenters. The topological polar surface area (TPSA) is 38.0 Å². The molecule has 0 radical (unpaired) electrons. The van der Waals surface area contributed by atoms with E-state index in [-0.39, 0.29) is 5.82 Å². The third kappa shape index (κ3) is 2.19. The van der Waals surface area contributed by atoms with E-state index in [1.165, 1.54) is 6.07 Å². The summed E-state index contributed by atoms with van der Waals surface area (Å²) in [4.78, 5) is 0. The number of anilines is 2. The zero-order valence-electron chi connectivity index (χ0n) is 8.77. The molecule has 0 aromatic heterocycles. The van der Waals surface area contributed by atoms with E-state index in [4.69, 9.17) is 5.73 Å². The Balaban J connectivity index is 2.19. The van der Waals surface area contributed by atoms with Gasteiger partial charge in [0.25, 0.3) is 0 Å². The maximum atomic E-state index is 13.3. The summed E-state index contributed by atoms with van der Waals surface area (Å²) in [5.74, 6) is -0.217. The summed E-state index contributed by atoms with van der Waals surface area (Å²) in [7, 11) is 0. The van der Waals surface area contributed by atoms with Crippen LogP contribution in [0, 0.1) is 14.8 Å². The van der Waals surface area contributed by atoms with E-state index in [0.717, 1.165) is 6.42 Å². The first kappa shape index (κ1) is 11.0. The highest BCUT2D eigenvalue weighted by molar-refractivity contribution is 14.1. The van der Waals surface area contributed by atoms with Gasteiger partial charge in [0, 0.05) is 12.1 Å². The van der Waals surface area contributed by atoms with E-state index in [0.29, 0.717) is 26.4 Å². The second-order valence-corrected chi connectivity index (χ2v) is 5.91. The fourth-order valence-electron chi connectivity index (χ4n) is 1.59. The molecular formula is C11H14FIN2. The summed E-state index contributed by atoms with van der Waals surface area (Å²) in [5.41, 5.74) is 7.46. The monoisotopic (exact) mass is 320 g/mol. The molecule has 1 aromatic rings. The summed E-state index contributed by atoms with van der Waals surface area (Å²) >= 11 is 1.94. The minimum absolute atomic E-state index is 0.217. The van der Waals surface area contributed by atoms with Crippen molar-refractivity contribution < 1.29 is 4.39 Å². The van der Waals surface area contributed by atoms with Gasteiger partial charge in [0.2, 0.25) is 0 Å². The van der Waals surface area contributed by atoms with Crippen molar-refractivity contribution in [2.75, 3.05) is 11.1 Å². The second kappa shape index (κ2) is 3.50. The van der Waals surface area contributed by atoms with Crippen LogP contribution < -0.4 is 11.1 Å². The Hall–Kier alpha value is -0.520. The van der Waals surface area contributed by atoms with Gasteiger partial charge in [-0.1, -0.05) is 13.8 Å². The number of halogens is 2. The van der Waals surface area contributed by atoms with Crippen LogP contribution >= 0.6 is 22.6 Å². The Kier molecular flexibility index (Phi) is 2.56.